The molecular formula is C18H19Cl2NO2. The van der Waals surface area contributed by atoms with Gasteiger partial charge in [-0.3, -0.25) is 4.79 Å². The van der Waals surface area contributed by atoms with Gasteiger partial charge in [0.2, 0.25) is 0 Å². The molecule has 0 aliphatic heterocycles. The van der Waals surface area contributed by atoms with Crippen LogP contribution < -0.4 is 10.1 Å². The second-order valence-electron chi connectivity index (χ2n) is 5.39. The number of nitrogens with one attached hydrogen (secondary N) is 1. The highest BCUT2D eigenvalue weighted by molar-refractivity contribution is 6.34. The van der Waals surface area contributed by atoms with Crippen molar-refractivity contribution >= 4 is 29.1 Å². The van der Waals surface area contributed by atoms with E-state index in [4.69, 9.17) is 27.9 Å². The van der Waals surface area contributed by atoms with Crippen LogP contribution in [0.1, 0.15) is 18.9 Å². The summed E-state index contributed by atoms with van der Waals surface area (Å²) in [6.07, 6.45) is 1.80. The molecule has 0 bridgehead atoms. The minimum absolute atomic E-state index is 0.0631. The molecule has 0 aromatic heterocycles. The molecule has 0 spiro atoms. The molecule has 0 saturated heterocycles. The summed E-state index contributed by atoms with van der Waals surface area (Å²) in [5.41, 5.74) is 1.26. The Labute approximate surface area is 146 Å². The van der Waals surface area contributed by atoms with E-state index in [1.54, 1.807) is 18.2 Å². The van der Waals surface area contributed by atoms with E-state index in [1.165, 1.54) is 5.56 Å². The van der Waals surface area contributed by atoms with Crippen LogP contribution >= 0.6 is 23.2 Å². The van der Waals surface area contributed by atoms with Gasteiger partial charge in [0.15, 0.2) is 6.61 Å². The summed E-state index contributed by atoms with van der Waals surface area (Å²) in [6.45, 7) is 1.92. The van der Waals surface area contributed by atoms with E-state index >= 15 is 0 Å². The predicted molar refractivity (Wildman–Crippen MR) is 94.3 cm³/mol. The maximum Gasteiger partial charge on any atom is 0.258 e. The van der Waals surface area contributed by atoms with E-state index < -0.39 is 0 Å². The highest BCUT2D eigenvalue weighted by Gasteiger charge is 2.09. The molecule has 0 fully saturated rings. The summed E-state index contributed by atoms with van der Waals surface area (Å²) < 4.78 is 5.41. The van der Waals surface area contributed by atoms with E-state index in [0.717, 1.165) is 12.8 Å². The highest BCUT2D eigenvalue weighted by Crippen LogP contribution is 2.24. The van der Waals surface area contributed by atoms with Crippen LogP contribution in [-0.4, -0.2) is 18.6 Å². The van der Waals surface area contributed by atoms with Crippen LogP contribution in [0.4, 0.5) is 0 Å². The number of halogens is 2. The number of hydrogen-bond acceptors (Lipinski definition) is 2. The molecule has 1 atom stereocenters. The zero-order valence-corrected chi connectivity index (χ0v) is 14.4. The molecule has 0 unspecified atom stereocenters. The summed E-state index contributed by atoms with van der Waals surface area (Å²) in [5.74, 6) is 0.316. The van der Waals surface area contributed by atoms with Crippen LogP contribution in [0.5, 0.6) is 5.75 Å². The van der Waals surface area contributed by atoms with Gasteiger partial charge in [-0.15, -0.1) is 0 Å². The lowest BCUT2D eigenvalue weighted by atomic mass is 10.1. The molecule has 0 heterocycles. The fourth-order valence-electron chi connectivity index (χ4n) is 2.18. The second-order valence-corrected chi connectivity index (χ2v) is 6.26. The summed E-state index contributed by atoms with van der Waals surface area (Å²) in [5, 5.41) is 3.87. The van der Waals surface area contributed by atoms with Crippen molar-refractivity contribution < 1.29 is 9.53 Å². The molecule has 1 N–H and O–H groups in total. The number of amides is 1. The highest BCUT2D eigenvalue weighted by atomic mass is 35.5. The molecule has 122 valence electrons. The second kappa shape index (κ2) is 8.80. The van der Waals surface area contributed by atoms with Gasteiger partial charge >= 0.3 is 0 Å². The van der Waals surface area contributed by atoms with E-state index in [9.17, 15) is 4.79 Å². The number of carbonyl (C=O) groups excluding carboxylic acids is 1. The zero-order chi connectivity index (χ0) is 16.7. The molecule has 0 saturated carbocycles. The van der Waals surface area contributed by atoms with Gasteiger partial charge in [0.05, 0.1) is 0 Å². The van der Waals surface area contributed by atoms with E-state index in [0.29, 0.717) is 15.8 Å². The molecule has 0 aliphatic carbocycles. The largest absolute Gasteiger partial charge is 0.484 e. The van der Waals surface area contributed by atoms with E-state index in [2.05, 4.69) is 17.4 Å². The van der Waals surface area contributed by atoms with E-state index in [-0.39, 0.29) is 18.6 Å². The molecule has 23 heavy (non-hydrogen) atoms. The first-order valence-corrected chi connectivity index (χ1v) is 8.20. The van der Waals surface area contributed by atoms with Gasteiger partial charge in [0, 0.05) is 16.1 Å². The van der Waals surface area contributed by atoms with Crippen LogP contribution in [0.25, 0.3) is 0 Å². The quantitative estimate of drug-likeness (QED) is 0.796. The summed E-state index contributed by atoms with van der Waals surface area (Å²) in [4.78, 5) is 11.9. The fraction of sp³-hybridized carbons (Fsp3) is 0.278. The van der Waals surface area contributed by atoms with Gasteiger partial charge in [-0.1, -0.05) is 53.5 Å². The Morgan fingerprint density at radius 3 is 2.43 bits per heavy atom. The van der Waals surface area contributed by atoms with Crippen molar-refractivity contribution in [2.24, 2.45) is 0 Å². The minimum Gasteiger partial charge on any atom is -0.484 e. The third kappa shape index (κ3) is 6.51. The van der Waals surface area contributed by atoms with Crippen LogP contribution in [0.15, 0.2) is 48.5 Å². The van der Waals surface area contributed by atoms with Crippen LogP contribution in [0, 0.1) is 0 Å². The Kier molecular flexibility index (Phi) is 6.75. The Hall–Kier alpha value is -1.71. The number of benzene rings is 2. The molecule has 2 aromatic rings. The van der Waals surface area contributed by atoms with Crippen LogP contribution in [0.2, 0.25) is 10.0 Å². The molecule has 2 aromatic carbocycles. The Morgan fingerprint density at radius 1 is 1.13 bits per heavy atom. The first-order valence-electron chi connectivity index (χ1n) is 7.45. The fourth-order valence-corrected chi connectivity index (χ4v) is 2.68. The molecule has 2 rings (SSSR count). The van der Waals surface area contributed by atoms with Crippen molar-refractivity contribution in [3.8, 4) is 5.75 Å². The molecule has 5 heteroatoms. The lowest BCUT2D eigenvalue weighted by Gasteiger charge is -2.14. The first-order chi connectivity index (χ1) is 11.0. The Morgan fingerprint density at radius 2 is 1.78 bits per heavy atom. The normalized spacial score (nSPS) is 11.8. The maximum atomic E-state index is 11.9. The smallest absolute Gasteiger partial charge is 0.258 e. The van der Waals surface area contributed by atoms with Crippen molar-refractivity contribution in [2.75, 3.05) is 6.61 Å². The number of aryl methyl sites for hydroxylation is 1. The molecule has 3 nitrogen and oxygen atoms in total. The van der Waals surface area contributed by atoms with Crippen molar-refractivity contribution in [1.82, 2.24) is 5.32 Å². The number of ether oxygens (including phenoxy) is 1. The van der Waals surface area contributed by atoms with Gasteiger partial charge < -0.3 is 10.1 Å². The van der Waals surface area contributed by atoms with Gasteiger partial charge in [0.1, 0.15) is 5.75 Å². The van der Waals surface area contributed by atoms with Crippen LogP contribution in [-0.2, 0) is 11.2 Å². The molecule has 1 amide bonds. The average Bonchev–Trinajstić information content (AvgIpc) is 2.51. The number of rotatable bonds is 7. The van der Waals surface area contributed by atoms with Crippen molar-refractivity contribution in [3.63, 3.8) is 0 Å². The Balaban J connectivity index is 1.73. The Bertz CT molecular complexity index is 626. The van der Waals surface area contributed by atoms with Crippen molar-refractivity contribution in [3.05, 3.63) is 64.1 Å². The third-order valence-electron chi connectivity index (χ3n) is 3.32. The summed E-state index contributed by atoms with van der Waals surface area (Å²) in [7, 11) is 0. The van der Waals surface area contributed by atoms with Gasteiger partial charge in [0.25, 0.3) is 5.91 Å². The number of hydrogen-bond donors (Lipinski definition) is 1. The van der Waals surface area contributed by atoms with Gasteiger partial charge in [-0.05, 0) is 43.5 Å². The molecular weight excluding hydrogens is 333 g/mol. The SMILES string of the molecule is C[C@@H](CCc1ccccc1)NC(=O)COc1cc(Cl)cc(Cl)c1. The minimum atomic E-state index is -0.165. The van der Waals surface area contributed by atoms with Crippen molar-refractivity contribution in [2.45, 2.75) is 25.8 Å². The lowest BCUT2D eigenvalue weighted by Crippen LogP contribution is -2.36. The maximum absolute atomic E-state index is 11.9. The standard InChI is InChI=1S/C18H19Cl2NO2/c1-13(7-8-14-5-3-2-4-6-14)21-18(22)12-23-17-10-15(19)9-16(20)11-17/h2-6,9-11,13H,7-8,12H2,1H3,(H,21,22)/t13-/m0/s1. The average molecular weight is 352 g/mol. The number of carbonyl (C=O) groups is 1. The first kappa shape index (κ1) is 17.6. The van der Waals surface area contributed by atoms with E-state index in [1.807, 2.05) is 25.1 Å². The monoisotopic (exact) mass is 351 g/mol. The third-order valence-corrected chi connectivity index (χ3v) is 3.76. The van der Waals surface area contributed by atoms with Gasteiger partial charge in [-0.2, -0.15) is 0 Å². The summed E-state index contributed by atoms with van der Waals surface area (Å²) in [6, 6.07) is 15.1. The zero-order valence-electron chi connectivity index (χ0n) is 12.9. The molecule has 0 aliphatic rings. The van der Waals surface area contributed by atoms with Gasteiger partial charge in [-0.25, -0.2) is 0 Å². The van der Waals surface area contributed by atoms with Crippen molar-refractivity contribution in [1.29, 1.82) is 0 Å². The predicted octanol–water partition coefficient (Wildman–Crippen LogP) is 4.51. The molecule has 0 radical (unpaired) electrons. The van der Waals surface area contributed by atoms with Crippen LogP contribution in [0.3, 0.4) is 0 Å². The summed E-state index contributed by atoms with van der Waals surface area (Å²) >= 11 is 11.8. The topological polar surface area (TPSA) is 38.3 Å². The lowest BCUT2D eigenvalue weighted by molar-refractivity contribution is -0.123.